The van der Waals surface area contributed by atoms with E-state index in [-0.39, 0.29) is 17.0 Å². The minimum absolute atomic E-state index is 0.203. The first-order chi connectivity index (χ1) is 13.0. The first kappa shape index (κ1) is 19.2. The Bertz CT molecular complexity index is 838. The van der Waals surface area contributed by atoms with Crippen LogP contribution in [-0.2, 0) is 17.8 Å². The van der Waals surface area contributed by atoms with E-state index in [1.807, 2.05) is 13.0 Å². The summed E-state index contributed by atoms with van der Waals surface area (Å²) >= 11 is 0. The Labute approximate surface area is 157 Å². The number of ether oxygens (including phenoxy) is 1. The molecule has 3 heterocycles. The van der Waals surface area contributed by atoms with Crippen LogP contribution in [0.15, 0.2) is 23.3 Å². The molecule has 1 N–H and O–H groups in total. The van der Waals surface area contributed by atoms with Crippen molar-refractivity contribution in [2.75, 3.05) is 39.4 Å². The molecule has 2 aromatic rings. The number of nitrogens with one attached hydrogen (secondary N) is 1. The summed E-state index contributed by atoms with van der Waals surface area (Å²) in [5, 5.41) is 10.6. The molecule has 9 nitrogen and oxygen atoms in total. The highest BCUT2D eigenvalue weighted by Crippen LogP contribution is 2.03. The van der Waals surface area contributed by atoms with E-state index in [4.69, 9.17) is 4.74 Å². The van der Waals surface area contributed by atoms with Gasteiger partial charge in [0.15, 0.2) is 0 Å². The Kier molecular flexibility index (Phi) is 6.36. The van der Waals surface area contributed by atoms with Crippen LogP contribution in [-0.4, -0.2) is 69.8 Å². The summed E-state index contributed by atoms with van der Waals surface area (Å²) in [5.41, 5.74) is 1.45. The summed E-state index contributed by atoms with van der Waals surface area (Å²) in [6.07, 6.45) is 3.56. The molecule has 0 aromatic carbocycles. The van der Waals surface area contributed by atoms with Crippen LogP contribution in [0.1, 0.15) is 21.6 Å². The Morgan fingerprint density at radius 1 is 1.22 bits per heavy atom. The third-order valence-corrected chi connectivity index (χ3v) is 4.64. The molecule has 1 saturated heterocycles. The van der Waals surface area contributed by atoms with Gasteiger partial charge >= 0.3 is 0 Å². The first-order valence-electron chi connectivity index (χ1n) is 9.19. The number of aryl methyl sites for hydroxylation is 2. The number of morpholine rings is 1. The number of nitrogens with zero attached hydrogens (tertiary/aromatic N) is 5. The lowest BCUT2D eigenvalue weighted by atomic mass is 10.1. The van der Waals surface area contributed by atoms with Gasteiger partial charge in [-0.3, -0.25) is 19.2 Å². The second-order valence-electron chi connectivity index (χ2n) is 6.71. The molecule has 146 valence electrons. The van der Waals surface area contributed by atoms with Gasteiger partial charge in [-0.15, -0.1) is 5.10 Å². The van der Waals surface area contributed by atoms with Crippen molar-refractivity contribution in [2.45, 2.75) is 26.9 Å². The second-order valence-corrected chi connectivity index (χ2v) is 6.71. The summed E-state index contributed by atoms with van der Waals surface area (Å²) in [4.78, 5) is 27.6. The van der Waals surface area contributed by atoms with Gasteiger partial charge in [-0.1, -0.05) is 5.21 Å². The topological polar surface area (TPSA) is 94.3 Å². The van der Waals surface area contributed by atoms with Crippen molar-refractivity contribution in [2.24, 2.45) is 0 Å². The van der Waals surface area contributed by atoms with Gasteiger partial charge in [-0.05, 0) is 25.5 Å². The number of hydrogen-bond acceptors (Lipinski definition) is 6. The van der Waals surface area contributed by atoms with E-state index in [2.05, 4.69) is 20.5 Å². The highest BCUT2D eigenvalue weighted by atomic mass is 16.5. The van der Waals surface area contributed by atoms with E-state index in [1.165, 1.54) is 0 Å². The van der Waals surface area contributed by atoms with Crippen molar-refractivity contribution in [3.63, 3.8) is 0 Å². The molecule has 0 unspecified atom stereocenters. The molecule has 0 spiro atoms. The van der Waals surface area contributed by atoms with E-state index in [9.17, 15) is 9.59 Å². The standard InChI is InChI=1S/C18H26N6O3/c1-14-3-5-23(8-7-22-9-11-27-12-10-22)18(26)16(14)17(25)19-4-6-24-13-15(2)20-21-24/h3,5,13H,4,6-12H2,1-2H3,(H,19,25). The van der Waals surface area contributed by atoms with Crippen molar-refractivity contribution >= 4 is 5.91 Å². The second kappa shape index (κ2) is 8.92. The summed E-state index contributed by atoms with van der Waals surface area (Å²) < 4.78 is 8.61. The maximum atomic E-state index is 12.8. The van der Waals surface area contributed by atoms with Crippen molar-refractivity contribution in [1.82, 2.24) is 29.8 Å². The number of carbonyl (C=O) groups is 1. The molecule has 0 atom stereocenters. The predicted molar refractivity (Wildman–Crippen MR) is 99.8 cm³/mol. The average molecular weight is 374 g/mol. The fraction of sp³-hybridized carbons (Fsp3) is 0.556. The minimum atomic E-state index is -0.352. The largest absolute Gasteiger partial charge is 0.379 e. The normalized spacial score (nSPS) is 15.0. The van der Waals surface area contributed by atoms with Crippen molar-refractivity contribution in [1.29, 1.82) is 0 Å². The molecule has 0 radical (unpaired) electrons. The number of aromatic nitrogens is 4. The lowest BCUT2D eigenvalue weighted by Gasteiger charge is -2.26. The van der Waals surface area contributed by atoms with Crippen molar-refractivity contribution < 1.29 is 9.53 Å². The summed E-state index contributed by atoms with van der Waals surface area (Å²) in [6.45, 7) is 9.02. The van der Waals surface area contributed by atoms with Crippen LogP contribution in [0, 0.1) is 13.8 Å². The molecule has 0 bridgehead atoms. The third kappa shape index (κ3) is 5.01. The Morgan fingerprint density at radius 3 is 2.70 bits per heavy atom. The van der Waals surface area contributed by atoms with Gasteiger partial charge in [0.05, 0.1) is 25.5 Å². The SMILES string of the molecule is Cc1cn(CCNC(=O)c2c(C)ccn(CCN3CCOCC3)c2=O)nn1. The number of carbonyl (C=O) groups excluding carboxylic acids is 1. The van der Waals surface area contributed by atoms with Gasteiger partial charge in [0, 0.05) is 45.1 Å². The molecule has 3 rings (SSSR count). The van der Waals surface area contributed by atoms with Crippen molar-refractivity contribution in [3.05, 3.63) is 45.6 Å². The predicted octanol–water partition coefficient (Wildman–Crippen LogP) is -0.181. The van der Waals surface area contributed by atoms with Crippen LogP contribution >= 0.6 is 0 Å². The Hall–Kier alpha value is -2.52. The zero-order valence-electron chi connectivity index (χ0n) is 15.8. The Morgan fingerprint density at radius 2 is 2.00 bits per heavy atom. The van der Waals surface area contributed by atoms with Gasteiger partial charge in [-0.2, -0.15) is 0 Å². The molecule has 27 heavy (non-hydrogen) atoms. The van der Waals surface area contributed by atoms with Gasteiger partial charge in [-0.25, -0.2) is 0 Å². The molecule has 9 heteroatoms. The maximum absolute atomic E-state index is 12.8. The molecule has 0 saturated carbocycles. The molecule has 2 aromatic heterocycles. The summed E-state index contributed by atoms with van der Waals surface area (Å²) in [6, 6.07) is 1.82. The minimum Gasteiger partial charge on any atom is -0.379 e. The monoisotopic (exact) mass is 374 g/mol. The van der Waals surface area contributed by atoms with E-state index in [1.54, 1.807) is 28.6 Å². The van der Waals surface area contributed by atoms with Gasteiger partial charge in [0.25, 0.3) is 11.5 Å². The molecular formula is C18H26N6O3. The van der Waals surface area contributed by atoms with Crippen LogP contribution in [0.4, 0.5) is 0 Å². The zero-order chi connectivity index (χ0) is 19.2. The molecule has 1 amide bonds. The van der Waals surface area contributed by atoms with E-state index in [0.29, 0.717) is 25.2 Å². The molecule has 1 aliphatic rings. The number of amides is 1. The van der Waals surface area contributed by atoms with E-state index in [0.717, 1.165) is 38.5 Å². The van der Waals surface area contributed by atoms with Crippen LogP contribution in [0.25, 0.3) is 0 Å². The summed E-state index contributed by atoms with van der Waals surface area (Å²) in [5.74, 6) is -0.352. The van der Waals surface area contributed by atoms with Gasteiger partial charge in [0.2, 0.25) is 0 Å². The highest BCUT2D eigenvalue weighted by molar-refractivity contribution is 5.95. The third-order valence-electron chi connectivity index (χ3n) is 4.64. The molecule has 1 aliphatic heterocycles. The Balaban J connectivity index is 1.61. The van der Waals surface area contributed by atoms with E-state index < -0.39 is 0 Å². The van der Waals surface area contributed by atoms with Crippen LogP contribution in [0.3, 0.4) is 0 Å². The fourth-order valence-corrected chi connectivity index (χ4v) is 3.07. The van der Waals surface area contributed by atoms with E-state index >= 15 is 0 Å². The van der Waals surface area contributed by atoms with Crippen molar-refractivity contribution in [3.8, 4) is 0 Å². The maximum Gasteiger partial charge on any atom is 0.263 e. The lowest BCUT2D eigenvalue weighted by molar-refractivity contribution is 0.0362. The smallest absolute Gasteiger partial charge is 0.263 e. The van der Waals surface area contributed by atoms with Gasteiger partial charge in [0.1, 0.15) is 5.56 Å². The molecular weight excluding hydrogens is 348 g/mol. The number of rotatable bonds is 7. The lowest BCUT2D eigenvalue weighted by Crippen LogP contribution is -2.40. The average Bonchev–Trinajstić information content (AvgIpc) is 3.07. The highest BCUT2D eigenvalue weighted by Gasteiger charge is 2.16. The molecule has 1 fully saturated rings. The number of hydrogen-bond donors (Lipinski definition) is 1. The summed E-state index contributed by atoms with van der Waals surface area (Å²) in [7, 11) is 0. The van der Waals surface area contributed by atoms with Crippen LogP contribution in [0.5, 0.6) is 0 Å². The van der Waals surface area contributed by atoms with Gasteiger partial charge < -0.3 is 14.6 Å². The molecule has 0 aliphatic carbocycles. The van der Waals surface area contributed by atoms with Crippen LogP contribution in [0.2, 0.25) is 0 Å². The quantitative estimate of drug-likeness (QED) is 0.723. The number of pyridine rings is 1. The zero-order valence-corrected chi connectivity index (χ0v) is 15.8. The van der Waals surface area contributed by atoms with Crippen LogP contribution < -0.4 is 10.9 Å². The fourth-order valence-electron chi connectivity index (χ4n) is 3.07. The first-order valence-corrected chi connectivity index (χ1v) is 9.19.